The van der Waals surface area contributed by atoms with Crippen LogP contribution in [0.2, 0.25) is 15.1 Å². The molecule has 2 aromatic carbocycles. The van der Waals surface area contributed by atoms with Crippen LogP contribution in [0.5, 0.6) is 5.75 Å². The standard InChI is InChI=1S/C18H16Cl3NO/c1-12-9-14(19)5-7-18(12)23-8-2-3-13(11-22)16-6-4-15(20)10-17(16)21/h4-7,9-10,13H,2-3,8H2,1H3. The van der Waals surface area contributed by atoms with E-state index in [0.29, 0.717) is 28.1 Å². The van der Waals surface area contributed by atoms with Crippen LogP contribution in [0.1, 0.15) is 29.9 Å². The highest BCUT2D eigenvalue weighted by Gasteiger charge is 2.14. The van der Waals surface area contributed by atoms with Gasteiger partial charge in [-0.2, -0.15) is 5.26 Å². The number of hydrogen-bond donors (Lipinski definition) is 0. The van der Waals surface area contributed by atoms with E-state index in [1.54, 1.807) is 18.2 Å². The largest absolute Gasteiger partial charge is 0.493 e. The summed E-state index contributed by atoms with van der Waals surface area (Å²) in [4.78, 5) is 0. The van der Waals surface area contributed by atoms with E-state index in [4.69, 9.17) is 39.5 Å². The van der Waals surface area contributed by atoms with Gasteiger partial charge in [0.15, 0.2) is 0 Å². The normalized spacial score (nSPS) is 11.8. The Labute approximate surface area is 151 Å². The van der Waals surface area contributed by atoms with E-state index in [1.807, 2.05) is 25.1 Å². The lowest BCUT2D eigenvalue weighted by Crippen LogP contribution is -2.03. The molecule has 23 heavy (non-hydrogen) atoms. The van der Waals surface area contributed by atoms with Crippen LogP contribution in [-0.2, 0) is 0 Å². The molecule has 0 aromatic heterocycles. The van der Waals surface area contributed by atoms with Crippen molar-refractivity contribution in [3.05, 3.63) is 62.6 Å². The van der Waals surface area contributed by atoms with Gasteiger partial charge in [-0.05, 0) is 61.2 Å². The predicted molar refractivity (Wildman–Crippen MR) is 95.7 cm³/mol. The van der Waals surface area contributed by atoms with Gasteiger partial charge in [-0.15, -0.1) is 0 Å². The van der Waals surface area contributed by atoms with Crippen LogP contribution in [0.15, 0.2) is 36.4 Å². The van der Waals surface area contributed by atoms with Crippen LogP contribution in [-0.4, -0.2) is 6.61 Å². The lowest BCUT2D eigenvalue weighted by molar-refractivity contribution is 0.303. The average Bonchev–Trinajstić information content (AvgIpc) is 2.50. The molecule has 5 heteroatoms. The van der Waals surface area contributed by atoms with Gasteiger partial charge in [-0.3, -0.25) is 0 Å². The lowest BCUT2D eigenvalue weighted by Gasteiger charge is -2.13. The second kappa shape index (κ2) is 8.45. The van der Waals surface area contributed by atoms with Crippen molar-refractivity contribution in [3.63, 3.8) is 0 Å². The van der Waals surface area contributed by atoms with E-state index in [2.05, 4.69) is 6.07 Å². The Kier molecular flexibility index (Phi) is 6.59. The van der Waals surface area contributed by atoms with Gasteiger partial charge in [-0.25, -0.2) is 0 Å². The Morgan fingerprint density at radius 3 is 2.43 bits per heavy atom. The minimum Gasteiger partial charge on any atom is -0.493 e. The fraction of sp³-hybridized carbons (Fsp3) is 0.278. The zero-order valence-electron chi connectivity index (χ0n) is 12.7. The lowest BCUT2D eigenvalue weighted by atomic mass is 9.96. The molecule has 0 spiro atoms. The van der Waals surface area contributed by atoms with E-state index >= 15 is 0 Å². The molecule has 1 atom stereocenters. The van der Waals surface area contributed by atoms with Gasteiger partial charge in [-0.1, -0.05) is 40.9 Å². The third-order valence-electron chi connectivity index (χ3n) is 3.53. The molecular formula is C18H16Cl3NO. The zero-order chi connectivity index (χ0) is 16.8. The fourth-order valence-electron chi connectivity index (χ4n) is 2.32. The zero-order valence-corrected chi connectivity index (χ0v) is 14.9. The van der Waals surface area contributed by atoms with Gasteiger partial charge in [0.25, 0.3) is 0 Å². The second-order valence-electron chi connectivity index (χ2n) is 5.25. The maximum absolute atomic E-state index is 9.37. The van der Waals surface area contributed by atoms with Crippen LogP contribution in [0.3, 0.4) is 0 Å². The maximum atomic E-state index is 9.37. The van der Waals surface area contributed by atoms with E-state index in [1.165, 1.54) is 0 Å². The van der Waals surface area contributed by atoms with Gasteiger partial charge in [0.2, 0.25) is 0 Å². The molecule has 2 rings (SSSR count). The van der Waals surface area contributed by atoms with E-state index in [0.717, 1.165) is 23.3 Å². The van der Waals surface area contributed by atoms with E-state index in [9.17, 15) is 5.26 Å². The number of ether oxygens (including phenoxy) is 1. The molecule has 0 saturated carbocycles. The summed E-state index contributed by atoms with van der Waals surface area (Å²) in [7, 11) is 0. The first-order valence-corrected chi connectivity index (χ1v) is 8.38. The quantitative estimate of drug-likeness (QED) is 0.551. The van der Waals surface area contributed by atoms with Crippen LogP contribution in [0.25, 0.3) is 0 Å². The van der Waals surface area contributed by atoms with Crippen molar-refractivity contribution in [3.8, 4) is 11.8 Å². The van der Waals surface area contributed by atoms with Gasteiger partial charge < -0.3 is 4.74 Å². The third kappa shape index (κ3) is 5.04. The monoisotopic (exact) mass is 367 g/mol. The number of hydrogen-bond acceptors (Lipinski definition) is 2. The fourth-order valence-corrected chi connectivity index (χ4v) is 3.08. The summed E-state index contributed by atoms with van der Waals surface area (Å²) in [6, 6.07) is 13.0. The molecule has 0 amide bonds. The van der Waals surface area contributed by atoms with Crippen molar-refractivity contribution in [2.45, 2.75) is 25.7 Å². The number of aryl methyl sites for hydroxylation is 1. The first kappa shape index (κ1) is 17.9. The Hall–Kier alpha value is -1.40. The first-order chi connectivity index (χ1) is 11.0. The number of benzene rings is 2. The highest BCUT2D eigenvalue weighted by molar-refractivity contribution is 6.35. The summed E-state index contributed by atoms with van der Waals surface area (Å²) in [6.07, 6.45) is 1.42. The van der Waals surface area contributed by atoms with Gasteiger partial charge >= 0.3 is 0 Å². The van der Waals surface area contributed by atoms with Crippen LogP contribution in [0.4, 0.5) is 0 Å². The Morgan fingerprint density at radius 1 is 1.09 bits per heavy atom. The van der Waals surface area contributed by atoms with Gasteiger partial charge in [0.05, 0.1) is 18.6 Å². The van der Waals surface area contributed by atoms with Crippen LogP contribution < -0.4 is 4.74 Å². The smallest absolute Gasteiger partial charge is 0.122 e. The highest BCUT2D eigenvalue weighted by Crippen LogP contribution is 2.30. The van der Waals surface area contributed by atoms with Crippen LogP contribution >= 0.6 is 34.8 Å². The highest BCUT2D eigenvalue weighted by atomic mass is 35.5. The van der Waals surface area contributed by atoms with Crippen molar-refractivity contribution in [2.24, 2.45) is 0 Å². The average molecular weight is 369 g/mol. The molecule has 0 heterocycles. The Balaban J connectivity index is 1.90. The summed E-state index contributed by atoms with van der Waals surface area (Å²) >= 11 is 18.0. The summed E-state index contributed by atoms with van der Waals surface area (Å²) in [5, 5.41) is 11.2. The van der Waals surface area contributed by atoms with Crippen molar-refractivity contribution >= 4 is 34.8 Å². The molecule has 0 saturated heterocycles. The first-order valence-electron chi connectivity index (χ1n) is 7.25. The molecular weight excluding hydrogens is 353 g/mol. The summed E-state index contributed by atoms with van der Waals surface area (Å²) in [6.45, 7) is 2.48. The molecule has 0 bridgehead atoms. The minimum absolute atomic E-state index is 0.269. The number of rotatable bonds is 6. The summed E-state index contributed by atoms with van der Waals surface area (Å²) < 4.78 is 5.75. The second-order valence-corrected chi connectivity index (χ2v) is 6.53. The molecule has 1 unspecified atom stereocenters. The van der Waals surface area contributed by atoms with Crippen molar-refractivity contribution < 1.29 is 4.74 Å². The van der Waals surface area contributed by atoms with Gasteiger partial charge in [0.1, 0.15) is 5.75 Å². The molecule has 0 aliphatic rings. The number of halogens is 3. The third-order valence-corrected chi connectivity index (χ3v) is 4.32. The number of nitrogens with zero attached hydrogens (tertiary/aromatic N) is 1. The SMILES string of the molecule is Cc1cc(Cl)ccc1OCCCC(C#N)c1ccc(Cl)cc1Cl. The predicted octanol–water partition coefficient (Wildman–Crippen LogP) is 6.42. The Morgan fingerprint density at radius 2 is 1.78 bits per heavy atom. The number of nitriles is 1. The van der Waals surface area contributed by atoms with Crippen molar-refractivity contribution in [1.29, 1.82) is 5.26 Å². The molecule has 0 N–H and O–H groups in total. The van der Waals surface area contributed by atoms with Gasteiger partial charge in [0, 0.05) is 15.1 Å². The molecule has 0 fully saturated rings. The molecule has 120 valence electrons. The minimum atomic E-state index is -0.269. The topological polar surface area (TPSA) is 33.0 Å². The van der Waals surface area contributed by atoms with Crippen molar-refractivity contribution in [1.82, 2.24) is 0 Å². The maximum Gasteiger partial charge on any atom is 0.122 e. The summed E-state index contributed by atoms with van der Waals surface area (Å²) in [5.74, 6) is 0.544. The van der Waals surface area contributed by atoms with Crippen molar-refractivity contribution in [2.75, 3.05) is 6.61 Å². The van der Waals surface area contributed by atoms with E-state index in [-0.39, 0.29) is 5.92 Å². The summed E-state index contributed by atoms with van der Waals surface area (Å²) in [5.41, 5.74) is 1.80. The molecule has 2 nitrogen and oxygen atoms in total. The molecule has 0 radical (unpaired) electrons. The van der Waals surface area contributed by atoms with Crippen LogP contribution in [0, 0.1) is 18.3 Å². The molecule has 2 aromatic rings. The van der Waals surface area contributed by atoms with E-state index < -0.39 is 0 Å². The Bertz CT molecular complexity index is 725. The molecule has 0 aliphatic heterocycles. The molecule has 0 aliphatic carbocycles.